The van der Waals surface area contributed by atoms with E-state index in [2.05, 4.69) is 9.72 Å². The minimum atomic E-state index is -0.635. The summed E-state index contributed by atoms with van der Waals surface area (Å²) in [5, 5.41) is 11.5. The van der Waals surface area contributed by atoms with Gasteiger partial charge in [0.05, 0.1) is 19.1 Å². The van der Waals surface area contributed by atoms with Crippen molar-refractivity contribution in [3.63, 3.8) is 0 Å². The summed E-state index contributed by atoms with van der Waals surface area (Å²) in [5.74, 6) is -0.533. The number of nitro groups is 1. The molecule has 0 aliphatic carbocycles. The maximum absolute atomic E-state index is 11.5. The zero-order valence-electron chi connectivity index (χ0n) is 11.2. The number of rotatable bonds is 4. The number of ether oxygens (including phenoxy) is 2. The topological polar surface area (TPSA) is 118 Å². The summed E-state index contributed by atoms with van der Waals surface area (Å²) >= 11 is 1.09. The number of benzene rings is 1. The third kappa shape index (κ3) is 2.77. The minimum absolute atomic E-state index is 0.0230. The summed E-state index contributed by atoms with van der Waals surface area (Å²) in [6, 6.07) is 4.29. The number of nitrogens with zero attached hydrogens (tertiary/aromatic N) is 2. The Hall–Kier alpha value is -2.68. The molecule has 0 bridgehead atoms. The molecule has 2 rings (SSSR count). The average Bonchev–Trinajstić information content (AvgIpc) is 2.87. The second kappa shape index (κ2) is 5.75. The van der Waals surface area contributed by atoms with Gasteiger partial charge >= 0.3 is 11.7 Å². The van der Waals surface area contributed by atoms with Crippen molar-refractivity contribution in [2.45, 2.75) is 0 Å². The summed E-state index contributed by atoms with van der Waals surface area (Å²) in [7, 11) is 2.57. The number of anilines is 1. The molecule has 0 fully saturated rings. The lowest BCUT2D eigenvalue weighted by atomic mass is 10.2. The Labute approximate surface area is 123 Å². The number of nitrogen functional groups attached to an aromatic ring is 1. The van der Waals surface area contributed by atoms with E-state index >= 15 is 0 Å². The van der Waals surface area contributed by atoms with Gasteiger partial charge in [0.15, 0.2) is 11.4 Å². The highest BCUT2D eigenvalue weighted by molar-refractivity contribution is 7.19. The number of carbonyl (C=O) groups excluding carboxylic acids is 1. The maximum Gasteiger partial charge on any atom is 0.359 e. The summed E-state index contributed by atoms with van der Waals surface area (Å²) < 4.78 is 9.56. The first kappa shape index (κ1) is 14.7. The van der Waals surface area contributed by atoms with Gasteiger partial charge in [-0.1, -0.05) is 11.3 Å². The van der Waals surface area contributed by atoms with Crippen LogP contribution in [0.1, 0.15) is 10.5 Å². The number of methoxy groups -OCH3 is 2. The predicted molar refractivity (Wildman–Crippen MR) is 76.5 cm³/mol. The number of aromatic nitrogens is 1. The number of carbonyl (C=O) groups is 1. The van der Waals surface area contributed by atoms with Gasteiger partial charge in [0.2, 0.25) is 0 Å². The maximum atomic E-state index is 11.5. The van der Waals surface area contributed by atoms with Gasteiger partial charge < -0.3 is 15.2 Å². The molecule has 1 aromatic heterocycles. The van der Waals surface area contributed by atoms with Crippen molar-refractivity contribution in [2.24, 2.45) is 0 Å². The number of hydrogen-bond donors (Lipinski definition) is 1. The van der Waals surface area contributed by atoms with Gasteiger partial charge in [-0.2, -0.15) is 0 Å². The Morgan fingerprint density at radius 2 is 2.14 bits per heavy atom. The third-order valence-electron chi connectivity index (χ3n) is 2.66. The molecule has 0 atom stereocenters. The molecule has 9 heteroatoms. The Morgan fingerprint density at radius 3 is 2.71 bits per heavy atom. The zero-order chi connectivity index (χ0) is 15.6. The van der Waals surface area contributed by atoms with Crippen molar-refractivity contribution >= 4 is 28.0 Å². The van der Waals surface area contributed by atoms with E-state index in [1.165, 1.54) is 32.4 Å². The Kier molecular flexibility index (Phi) is 4.03. The number of hydrogen-bond acceptors (Lipinski definition) is 8. The monoisotopic (exact) mass is 309 g/mol. The SMILES string of the molecule is COC(=O)c1nc(-c2ccc([N+](=O)[O-])c(OC)c2)sc1N. The van der Waals surface area contributed by atoms with E-state index in [-0.39, 0.29) is 22.1 Å². The van der Waals surface area contributed by atoms with Crippen molar-refractivity contribution in [3.05, 3.63) is 34.0 Å². The molecule has 2 aromatic rings. The van der Waals surface area contributed by atoms with Gasteiger partial charge in [0.25, 0.3) is 0 Å². The Balaban J connectivity index is 2.48. The fourth-order valence-corrected chi connectivity index (χ4v) is 2.48. The lowest BCUT2D eigenvalue weighted by Crippen LogP contribution is -2.04. The van der Waals surface area contributed by atoms with E-state index in [4.69, 9.17) is 10.5 Å². The van der Waals surface area contributed by atoms with Crippen LogP contribution in [0.25, 0.3) is 10.6 Å². The van der Waals surface area contributed by atoms with Crippen LogP contribution in [0.5, 0.6) is 5.75 Å². The molecule has 0 amide bonds. The Bertz CT molecular complexity index is 713. The van der Waals surface area contributed by atoms with Gasteiger partial charge in [-0.15, -0.1) is 0 Å². The van der Waals surface area contributed by atoms with Crippen molar-refractivity contribution in [1.82, 2.24) is 4.98 Å². The fourth-order valence-electron chi connectivity index (χ4n) is 1.66. The van der Waals surface area contributed by atoms with Crippen molar-refractivity contribution in [1.29, 1.82) is 0 Å². The second-order valence-corrected chi connectivity index (χ2v) is 4.90. The quantitative estimate of drug-likeness (QED) is 0.522. The van der Waals surface area contributed by atoms with Crippen LogP contribution in [0.15, 0.2) is 18.2 Å². The largest absolute Gasteiger partial charge is 0.490 e. The molecule has 110 valence electrons. The molecular weight excluding hydrogens is 298 g/mol. The summed E-state index contributed by atoms with van der Waals surface area (Å²) in [5.41, 5.74) is 6.15. The molecule has 0 aliphatic rings. The van der Waals surface area contributed by atoms with E-state index in [1.54, 1.807) is 0 Å². The van der Waals surface area contributed by atoms with Crippen molar-refractivity contribution in [2.75, 3.05) is 20.0 Å². The summed E-state index contributed by atoms with van der Waals surface area (Å²) in [6.07, 6.45) is 0. The summed E-state index contributed by atoms with van der Waals surface area (Å²) in [4.78, 5) is 25.9. The molecule has 8 nitrogen and oxygen atoms in total. The van der Waals surface area contributed by atoms with Crippen LogP contribution in [0.4, 0.5) is 10.7 Å². The van der Waals surface area contributed by atoms with Crippen LogP contribution in [0, 0.1) is 10.1 Å². The molecule has 21 heavy (non-hydrogen) atoms. The highest BCUT2D eigenvalue weighted by atomic mass is 32.1. The molecule has 1 heterocycles. The van der Waals surface area contributed by atoms with E-state index in [1.807, 2.05) is 0 Å². The van der Waals surface area contributed by atoms with Crippen LogP contribution in [0.2, 0.25) is 0 Å². The van der Waals surface area contributed by atoms with E-state index < -0.39 is 10.9 Å². The molecule has 0 radical (unpaired) electrons. The first-order chi connectivity index (χ1) is 9.97. The van der Waals surface area contributed by atoms with Crippen LogP contribution in [0.3, 0.4) is 0 Å². The van der Waals surface area contributed by atoms with Crippen LogP contribution in [-0.2, 0) is 4.74 Å². The zero-order valence-corrected chi connectivity index (χ0v) is 12.0. The molecule has 0 aliphatic heterocycles. The van der Waals surface area contributed by atoms with Crippen molar-refractivity contribution in [3.8, 4) is 16.3 Å². The minimum Gasteiger partial charge on any atom is -0.490 e. The number of thiazole rings is 1. The normalized spacial score (nSPS) is 10.2. The molecule has 0 spiro atoms. The standard InChI is InChI=1S/C12H11N3O5S/c1-19-8-5-6(3-4-7(8)15(17)18)11-14-9(10(13)21-11)12(16)20-2/h3-5H,13H2,1-2H3. The van der Waals surface area contributed by atoms with Gasteiger partial charge in [-0.05, 0) is 12.1 Å². The van der Waals surface area contributed by atoms with Crippen LogP contribution in [-0.4, -0.2) is 30.1 Å². The number of esters is 1. The summed E-state index contributed by atoms with van der Waals surface area (Å²) in [6.45, 7) is 0. The highest BCUT2D eigenvalue weighted by Crippen LogP contribution is 2.35. The van der Waals surface area contributed by atoms with Crippen LogP contribution < -0.4 is 10.5 Å². The van der Waals surface area contributed by atoms with Crippen molar-refractivity contribution < 1.29 is 19.2 Å². The third-order valence-corrected chi connectivity index (χ3v) is 3.59. The van der Waals surface area contributed by atoms with Gasteiger partial charge in [-0.25, -0.2) is 9.78 Å². The first-order valence-corrected chi connectivity index (χ1v) is 6.47. The molecule has 0 saturated carbocycles. The fraction of sp³-hybridized carbons (Fsp3) is 0.167. The lowest BCUT2D eigenvalue weighted by Gasteiger charge is -2.03. The molecule has 1 aromatic carbocycles. The average molecular weight is 309 g/mol. The van der Waals surface area contributed by atoms with Gasteiger partial charge in [0.1, 0.15) is 10.0 Å². The van der Waals surface area contributed by atoms with Crippen LogP contribution >= 0.6 is 11.3 Å². The molecule has 0 unspecified atom stereocenters. The van der Waals surface area contributed by atoms with Gasteiger partial charge in [-0.3, -0.25) is 10.1 Å². The number of nitro benzene ring substituents is 1. The highest BCUT2D eigenvalue weighted by Gasteiger charge is 2.20. The number of nitrogens with two attached hydrogens (primary N) is 1. The first-order valence-electron chi connectivity index (χ1n) is 5.65. The Morgan fingerprint density at radius 1 is 1.43 bits per heavy atom. The predicted octanol–water partition coefficient (Wildman–Crippen LogP) is 2.10. The van der Waals surface area contributed by atoms with E-state index in [9.17, 15) is 14.9 Å². The lowest BCUT2D eigenvalue weighted by molar-refractivity contribution is -0.385. The molecule has 0 saturated heterocycles. The molecule has 2 N–H and O–H groups in total. The smallest absolute Gasteiger partial charge is 0.359 e. The molecular formula is C12H11N3O5S. The van der Waals surface area contributed by atoms with Gasteiger partial charge in [0, 0.05) is 11.6 Å². The van der Waals surface area contributed by atoms with E-state index in [0.29, 0.717) is 10.6 Å². The second-order valence-electron chi connectivity index (χ2n) is 3.87. The van der Waals surface area contributed by atoms with E-state index in [0.717, 1.165) is 11.3 Å².